The van der Waals surface area contributed by atoms with Gasteiger partial charge in [-0.2, -0.15) is 0 Å². The van der Waals surface area contributed by atoms with Crippen molar-refractivity contribution in [2.24, 2.45) is 0 Å². The third-order valence-corrected chi connectivity index (χ3v) is 3.74. The highest BCUT2D eigenvalue weighted by Gasteiger charge is 2.24. The maximum atomic E-state index is 12.0. The van der Waals surface area contributed by atoms with Crippen LogP contribution in [-0.2, 0) is 16.1 Å². The molecule has 1 aliphatic rings. The summed E-state index contributed by atoms with van der Waals surface area (Å²) in [6, 6.07) is 5.81. The molecule has 1 fully saturated rings. The monoisotopic (exact) mass is 341 g/mol. The molecule has 0 saturated carbocycles. The Labute approximate surface area is 137 Å². The van der Waals surface area contributed by atoms with Crippen LogP contribution in [0.25, 0.3) is 0 Å². The molecular formula is C14H16ClN3O5. The van der Waals surface area contributed by atoms with E-state index in [2.05, 4.69) is 0 Å². The number of non-ortho nitro benzene ring substituents is 1. The van der Waals surface area contributed by atoms with Crippen molar-refractivity contribution < 1.29 is 19.2 Å². The lowest BCUT2D eigenvalue weighted by molar-refractivity contribution is -0.384. The molecule has 0 unspecified atom stereocenters. The van der Waals surface area contributed by atoms with Crippen LogP contribution >= 0.6 is 11.6 Å². The van der Waals surface area contributed by atoms with E-state index in [0.29, 0.717) is 31.7 Å². The van der Waals surface area contributed by atoms with Crippen molar-refractivity contribution in [2.45, 2.75) is 6.61 Å². The number of nitro groups is 1. The largest absolute Gasteiger partial charge is 0.445 e. The summed E-state index contributed by atoms with van der Waals surface area (Å²) < 4.78 is 5.18. The minimum atomic E-state index is -0.489. The van der Waals surface area contributed by atoms with Gasteiger partial charge in [-0.15, -0.1) is 11.6 Å². The van der Waals surface area contributed by atoms with Gasteiger partial charge in [0, 0.05) is 38.3 Å². The van der Waals surface area contributed by atoms with Crippen molar-refractivity contribution in [1.82, 2.24) is 9.80 Å². The second-order valence-electron chi connectivity index (χ2n) is 4.98. The first-order chi connectivity index (χ1) is 11.0. The fourth-order valence-corrected chi connectivity index (χ4v) is 2.34. The van der Waals surface area contributed by atoms with Gasteiger partial charge in [0.15, 0.2) is 0 Å². The fraction of sp³-hybridized carbons (Fsp3) is 0.429. The Hall–Kier alpha value is -2.35. The summed E-state index contributed by atoms with van der Waals surface area (Å²) in [6.45, 7) is 1.68. The number of carbonyl (C=O) groups is 2. The number of hydrogen-bond donors (Lipinski definition) is 0. The first-order valence-corrected chi connectivity index (χ1v) is 7.53. The average molecular weight is 342 g/mol. The minimum Gasteiger partial charge on any atom is -0.445 e. The highest BCUT2D eigenvalue weighted by molar-refractivity contribution is 6.27. The second-order valence-corrected chi connectivity index (χ2v) is 5.25. The van der Waals surface area contributed by atoms with E-state index in [9.17, 15) is 19.7 Å². The van der Waals surface area contributed by atoms with Crippen LogP contribution in [0.1, 0.15) is 5.56 Å². The molecule has 0 bridgehead atoms. The van der Waals surface area contributed by atoms with Crippen molar-refractivity contribution in [3.8, 4) is 0 Å². The van der Waals surface area contributed by atoms with Crippen LogP contribution in [-0.4, -0.2) is 58.8 Å². The zero-order valence-electron chi connectivity index (χ0n) is 12.3. The Morgan fingerprint density at radius 1 is 1.13 bits per heavy atom. The highest BCUT2D eigenvalue weighted by atomic mass is 35.5. The van der Waals surface area contributed by atoms with Gasteiger partial charge in [0.05, 0.1) is 4.92 Å². The second kappa shape index (κ2) is 7.77. The molecule has 2 amide bonds. The van der Waals surface area contributed by atoms with Crippen LogP contribution in [0, 0.1) is 10.1 Å². The first kappa shape index (κ1) is 17.0. The molecule has 124 valence electrons. The van der Waals surface area contributed by atoms with Crippen LogP contribution in [0.2, 0.25) is 0 Å². The van der Waals surface area contributed by atoms with Gasteiger partial charge < -0.3 is 14.5 Å². The molecule has 0 radical (unpaired) electrons. The third-order valence-electron chi connectivity index (χ3n) is 3.51. The van der Waals surface area contributed by atoms with Gasteiger partial charge in [-0.25, -0.2) is 4.79 Å². The van der Waals surface area contributed by atoms with Crippen LogP contribution in [0.5, 0.6) is 0 Å². The number of ether oxygens (including phenoxy) is 1. The van der Waals surface area contributed by atoms with Crippen LogP contribution < -0.4 is 0 Å². The number of benzene rings is 1. The Balaban J connectivity index is 1.79. The van der Waals surface area contributed by atoms with Crippen LogP contribution in [0.4, 0.5) is 10.5 Å². The van der Waals surface area contributed by atoms with Crippen molar-refractivity contribution in [1.29, 1.82) is 0 Å². The van der Waals surface area contributed by atoms with E-state index in [1.807, 2.05) is 0 Å². The Morgan fingerprint density at radius 3 is 2.22 bits per heavy atom. The molecule has 8 nitrogen and oxygen atoms in total. The highest BCUT2D eigenvalue weighted by Crippen LogP contribution is 2.13. The Morgan fingerprint density at radius 2 is 1.70 bits per heavy atom. The molecule has 1 heterocycles. The quantitative estimate of drug-likeness (QED) is 0.471. The topological polar surface area (TPSA) is 93.0 Å². The molecule has 23 heavy (non-hydrogen) atoms. The number of alkyl halides is 1. The van der Waals surface area contributed by atoms with E-state index in [-0.39, 0.29) is 24.1 Å². The summed E-state index contributed by atoms with van der Waals surface area (Å²) in [4.78, 5) is 36.6. The molecule has 9 heteroatoms. The number of amides is 2. The van der Waals surface area contributed by atoms with Crippen molar-refractivity contribution in [3.05, 3.63) is 39.9 Å². The molecule has 1 aromatic carbocycles. The van der Waals surface area contributed by atoms with Crippen molar-refractivity contribution in [2.75, 3.05) is 32.1 Å². The van der Waals surface area contributed by atoms with Gasteiger partial charge in [-0.3, -0.25) is 14.9 Å². The van der Waals surface area contributed by atoms with Gasteiger partial charge in [-0.1, -0.05) is 0 Å². The van der Waals surface area contributed by atoms with Gasteiger partial charge in [0.2, 0.25) is 5.91 Å². The van der Waals surface area contributed by atoms with E-state index >= 15 is 0 Å². The summed E-state index contributed by atoms with van der Waals surface area (Å²) in [6.07, 6.45) is -0.471. The predicted molar refractivity (Wildman–Crippen MR) is 82.2 cm³/mol. The lowest BCUT2D eigenvalue weighted by Gasteiger charge is -2.33. The number of piperazine rings is 1. The summed E-state index contributed by atoms with van der Waals surface area (Å²) >= 11 is 5.49. The van der Waals surface area contributed by atoms with Gasteiger partial charge in [0.25, 0.3) is 5.69 Å². The SMILES string of the molecule is O=C(CCl)N1CCN(C(=O)OCc2ccc([N+](=O)[O-])cc2)CC1. The van der Waals surface area contributed by atoms with E-state index in [1.165, 1.54) is 17.0 Å². The maximum Gasteiger partial charge on any atom is 0.410 e. The third kappa shape index (κ3) is 4.56. The molecule has 2 rings (SSSR count). The van der Waals surface area contributed by atoms with Crippen LogP contribution in [0.15, 0.2) is 24.3 Å². The molecule has 0 aromatic heterocycles. The summed E-state index contributed by atoms with van der Waals surface area (Å²) in [5.41, 5.74) is 0.653. The summed E-state index contributed by atoms with van der Waals surface area (Å²) in [5, 5.41) is 10.6. The number of carbonyl (C=O) groups excluding carboxylic acids is 2. The molecule has 0 aliphatic carbocycles. The normalized spacial score (nSPS) is 14.5. The first-order valence-electron chi connectivity index (χ1n) is 7.00. The molecule has 1 saturated heterocycles. The predicted octanol–water partition coefficient (Wildman–Crippen LogP) is 1.61. The standard InChI is InChI=1S/C14H16ClN3O5/c15-9-13(19)16-5-7-17(8-6-16)14(20)23-10-11-1-3-12(4-2-11)18(21)22/h1-4H,5-10H2. The lowest BCUT2D eigenvalue weighted by atomic mass is 10.2. The zero-order chi connectivity index (χ0) is 16.8. The number of rotatable bonds is 4. The Bertz CT molecular complexity index is 585. The van der Waals surface area contributed by atoms with Crippen molar-refractivity contribution >= 4 is 29.3 Å². The van der Waals surface area contributed by atoms with E-state index in [1.54, 1.807) is 17.0 Å². The lowest BCUT2D eigenvalue weighted by Crippen LogP contribution is -2.51. The summed E-state index contributed by atoms with van der Waals surface area (Å²) in [7, 11) is 0. The minimum absolute atomic E-state index is 0.0137. The van der Waals surface area contributed by atoms with Crippen molar-refractivity contribution in [3.63, 3.8) is 0 Å². The maximum absolute atomic E-state index is 12.0. The van der Waals surface area contributed by atoms with E-state index in [0.717, 1.165) is 0 Å². The summed E-state index contributed by atoms with van der Waals surface area (Å²) in [5.74, 6) is -0.213. The number of hydrogen-bond acceptors (Lipinski definition) is 5. The fourth-order valence-electron chi connectivity index (χ4n) is 2.17. The van der Waals surface area contributed by atoms with Gasteiger partial charge in [-0.05, 0) is 17.7 Å². The molecule has 1 aliphatic heterocycles. The Kier molecular flexibility index (Phi) is 5.75. The van der Waals surface area contributed by atoms with E-state index in [4.69, 9.17) is 16.3 Å². The molecule has 0 N–H and O–H groups in total. The van der Waals surface area contributed by atoms with Gasteiger partial charge in [0.1, 0.15) is 12.5 Å². The number of nitrogens with zero attached hydrogens (tertiary/aromatic N) is 3. The average Bonchev–Trinajstić information content (AvgIpc) is 2.59. The molecule has 0 spiro atoms. The van der Waals surface area contributed by atoms with Crippen LogP contribution in [0.3, 0.4) is 0 Å². The number of halogens is 1. The van der Waals surface area contributed by atoms with E-state index < -0.39 is 11.0 Å². The van der Waals surface area contributed by atoms with Gasteiger partial charge >= 0.3 is 6.09 Å². The number of nitro benzene ring substituents is 1. The smallest absolute Gasteiger partial charge is 0.410 e. The molecule has 0 atom stereocenters. The molecule has 1 aromatic rings. The zero-order valence-corrected chi connectivity index (χ0v) is 13.1. The molecular weight excluding hydrogens is 326 g/mol.